The zero-order valence-corrected chi connectivity index (χ0v) is 25.8. The van der Waals surface area contributed by atoms with Crippen LogP contribution in [-0.4, -0.2) is 48.1 Å². The van der Waals surface area contributed by atoms with Crippen LogP contribution in [0, 0.1) is 59.2 Å². The summed E-state index contributed by atoms with van der Waals surface area (Å²) < 4.78 is 0. The molecule has 0 spiro atoms. The highest BCUT2D eigenvalue weighted by molar-refractivity contribution is 5.13. The van der Waals surface area contributed by atoms with Gasteiger partial charge in [0.25, 0.3) is 0 Å². The van der Waals surface area contributed by atoms with Gasteiger partial charge in [-0.2, -0.15) is 0 Å². The molecule has 2 nitrogen and oxygen atoms in total. The maximum atomic E-state index is 2.99. The van der Waals surface area contributed by atoms with Crippen LogP contribution in [0.3, 0.4) is 0 Å². The molecular formula is C37H62N2. The molecule has 8 aliphatic rings. The van der Waals surface area contributed by atoms with E-state index in [0.717, 1.165) is 83.3 Å². The Balaban J connectivity index is 0.912. The molecule has 220 valence electrons. The van der Waals surface area contributed by atoms with Gasteiger partial charge in [0.15, 0.2) is 0 Å². The Kier molecular flexibility index (Phi) is 7.41. The molecule has 0 aromatic heterocycles. The lowest BCUT2D eigenvalue weighted by atomic mass is 9.69. The van der Waals surface area contributed by atoms with Crippen LogP contribution in [0.1, 0.15) is 135 Å². The van der Waals surface area contributed by atoms with Gasteiger partial charge in [0, 0.05) is 24.2 Å². The monoisotopic (exact) mass is 534 g/mol. The van der Waals surface area contributed by atoms with Crippen molar-refractivity contribution in [1.29, 1.82) is 0 Å². The molecule has 6 aliphatic carbocycles. The third kappa shape index (κ3) is 4.20. The first-order valence-corrected chi connectivity index (χ1v) is 18.7. The Morgan fingerprint density at radius 1 is 0.410 bits per heavy atom. The van der Waals surface area contributed by atoms with Crippen molar-refractivity contribution in [1.82, 2.24) is 9.80 Å². The Morgan fingerprint density at radius 3 is 1.21 bits per heavy atom. The number of unbranched alkanes of at least 4 members (excludes halogenated alkanes) is 2. The summed E-state index contributed by atoms with van der Waals surface area (Å²) in [6.45, 7) is 0. The van der Waals surface area contributed by atoms with Crippen molar-refractivity contribution >= 4 is 0 Å². The van der Waals surface area contributed by atoms with Gasteiger partial charge in [-0.15, -0.1) is 0 Å². The summed E-state index contributed by atoms with van der Waals surface area (Å²) in [7, 11) is 5.15. The highest BCUT2D eigenvalue weighted by Gasteiger charge is 2.62. The van der Waals surface area contributed by atoms with Gasteiger partial charge < -0.3 is 0 Å². The number of likely N-dealkylation sites (tertiary alicyclic amines) is 2. The third-order valence-corrected chi connectivity index (χ3v) is 15.6. The Bertz CT molecular complexity index is 786. The van der Waals surface area contributed by atoms with Crippen molar-refractivity contribution in [3.05, 3.63) is 0 Å². The molecule has 14 atom stereocenters. The highest BCUT2D eigenvalue weighted by Crippen LogP contribution is 2.62. The summed E-state index contributed by atoms with van der Waals surface area (Å²) in [5.74, 6) is 10.8. The number of fused-ring (bicyclic) bond motifs is 10. The molecule has 2 heterocycles. The van der Waals surface area contributed by atoms with Gasteiger partial charge >= 0.3 is 0 Å². The molecule has 0 N–H and O–H groups in total. The van der Waals surface area contributed by atoms with Crippen molar-refractivity contribution in [2.45, 2.75) is 159 Å². The summed E-state index contributed by atoms with van der Waals surface area (Å²) in [5, 5.41) is 0. The largest absolute Gasteiger partial charge is 0.300 e. The molecule has 8 fully saturated rings. The maximum absolute atomic E-state index is 2.99. The lowest BCUT2D eigenvalue weighted by molar-refractivity contribution is 0.101. The van der Waals surface area contributed by atoms with E-state index in [1.54, 1.807) is 64.2 Å². The zero-order valence-electron chi connectivity index (χ0n) is 25.8. The van der Waals surface area contributed by atoms with Crippen molar-refractivity contribution in [3.8, 4) is 0 Å². The van der Waals surface area contributed by atoms with Gasteiger partial charge in [-0.3, -0.25) is 9.80 Å². The summed E-state index contributed by atoms with van der Waals surface area (Å²) in [4.78, 5) is 5.99. The normalized spacial score (nSPS) is 53.1. The Morgan fingerprint density at radius 2 is 0.769 bits per heavy atom. The number of hydrogen-bond donors (Lipinski definition) is 0. The second-order valence-corrected chi connectivity index (χ2v) is 16.7. The molecule has 39 heavy (non-hydrogen) atoms. The number of rotatable bonds is 6. The smallest absolute Gasteiger partial charge is 0.0160 e. The van der Waals surface area contributed by atoms with E-state index in [2.05, 4.69) is 23.9 Å². The van der Waals surface area contributed by atoms with Crippen LogP contribution in [0.4, 0.5) is 0 Å². The molecule has 8 rings (SSSR count). The predicted molar refractivity (Wildman–Crippen MR) is 163 cm³/mol. The van der Waals surface area contributed by atoms with Crippen molar-refractivity contribution in [2.24, 2.45) is 59.2 Å². The summed E-state index contributed by atoms with van der Waals surface area (Å²) in [6.07, 6.45) is 32.5. The lowest BCUT2D eigenvalue weighted by Crippen LogP contribution is -2.40. The van der Waals surface area contributed by atoms with E-state index in [4.69, 9.17) is 0 Å². The molecule has 0 aromatic carbocycles. The summed E-state index contributed by atoms with van der Waals surface area (Å²) in [6, 6.07) is 3.82. The first-order chi connectivity index (χ1) is 19.2. The van der Waals surface area contributed by atoms with Crippen molar-refractivity contribution < 1.29 is 0 Å². The molecule has 0 bridgehead atoms. The fourth-order valence-electron chi connectivity index (χ4n) is 14.6. The van der Waals surface area contributed by atoms with Crippen molar-refractivity contribution in [2.75, 3.05) is 14.1 Å². The molecule has 0 radical (unpaired) electrons. The molecule has 6 saturated carbocycles. The van der Waals surface area contributed by atoms with E-state index in [-0.39, 0.29) is 0 Å². The van der Waals surface area contributed by atoms with Gasteiger partial charge in [-0.1, -0.05) is 70.6 Å². The molecule has 14 unspecified atom stereocenters. The summed E-state index contributed by atoms with van der Waals surface area (Å²) >= 11 is 0. The zero-order chi connectivity index (χ0) is 26.1. The quantitative estimate of drug-likeness (QED) is 0.314. The van der Waals surface area contributed by atoms with Crippen LogP contribution in [0.2, 0.25) is 0 Å². The summed E-state index contributed by atoms with van der Waals surface area (Å²) in [5.41, 5.74) is 0. The minimum atomic E-state index is 0.949. The molecule has 0 aromatic rings. The fourth-order valence-corrected chi connectivity index (χ4v) is 14.6. The van der Waals surface area contributed by atoms with Gasteiger partial charge in [0.05, 0.1) is 0 Å². The van der Waals surface area contributed by atoms with Crippen LogP contribution >= 0.6 is 0 Å². The van der Waals surface area contributed by atoms with E-state index < -0.39 is 0 Å². The average molecular weight is 535 g/mol. The minimum Gasteiger partial charge on any atom is -0.300 e. The van der Waals surface area contributed by atoms with E-state index in [1.807, 2.05) is 0 Å². The van der Waals surface area contributed by atoms with E-state index in [0.29, 0.717) is 0 Å². The van der Waals surface area contributed by atoms with Crippen molar-refractivity contribution in [3.63, 3.8) is 0 Å². The molecule has 0 amide bonds. The number of nitrogens with zero attached hydrogens (tertiary/aromatic N) is 2. The third-order valence-electron chi connectivity index (χ3n) is 15.6. The van der Waals surface area contributed by atoms with E-state index in [9.17, 15) is 0 Å². The maximum Gasteiger partial charge on any atom is 0.0160 e. The van der Waals surface area contributed by atoms with Gasteiger partial charge in [0.1, 0.15) is 0 Å². The second-order valence-electron chi connectivity index (χ2n) is 16.7. The first-order valence-electron chi connectivity index (χ1n) is 18.7. The Labute approximate surface area is 241 Å². The lowest BCUT2D eigenvalue weighted by Gasteiger charge is -2.39. The topological polar surface area (TPSA) is 6.48 Å². The van der Waals surface area contributed by atoms with Crippen LogP contribution in [0.15, 0.2) is 0 Å². The standard InChI is InChI=1S/C37H62N2/c1-38-32-22-12-10-20-30(32)34-26-16-8-6-14-24(26)28(36(34)38)18-4-3-5-19-29-25-15-7-9-17-27(25)35-31-21-11-13-23-33(31)39(2)37(29)35/h24-37H,3-23H2,1-2H3. The van der Waals surface area contributed by atoms with E-state index in [1.165, 1.54) is 70.6 Å². The molecule has 2 saturated heterocycles. The molecule has 2 heteroatoms. The number of hydrogen-bond acceptors (Lipinski definition) is 2. The van der Waals surface area contributed by atoms with Crippen LogP contribution in [0.5, 0.6) is 0 Å². The Hall–Kier alpha value is -0.0800. The van der Waals surface area contributed by atoms with Crippen LogP contribution < -0.4 is 0 Å². The molecular weight excluding hydrogens is 472 g/mol. The molecule has 2 aliphatic heterocycles. The SMILES string of the molecule is CN1C2CCCCC2C2C3CCCCC3C(CCCCCC3C4CCCCC4C4C5CCCCC5N(C)C34)C21. The van der Waals surface area contributed by atoms with Crippen LogP contribution in [0.25, 0.3) is 0 Å². The first kappa shape index (κ1) is 26.5. The fraction of sp³-hybridized carbons (Fsp3) is 1.00. The predicted octanol–water partition coefficient (Wildman–Crippen LogP) is 8.79. The van der Waals surface area contributed by atoms with Gasteiger partial charge in [-0.05, 0) is 137 Å². The second kappa shape index (κ2) is 10.9. The van der Waals surface area contributed by atoms with Crippen LogP contribution in [-0.2, 0) is 0 Å². The average Bonchev–Trinajstić information content (AvgIpc) is 3.67. The minimum absolute atomic E-state index is 0.949. The van der Waals surface area contributed by atoms with Gasteiger partial charge in [-0.25, -0.2) is 0 Å². The van der Waals surface area contributed by atoms with Gasteiger partial charge in [0.2, 0.25) is 0 Å². The van der Waals surface area contributed by atoms with E-state index >= 15 is 0 Å². The highest BCUT2D eigenvalue weighted by atomic mass is 15.2.